The molecule has 4 N–H and O–H groups in total. The lowest BCUT2D eigenvalue weighted by Crippen LogP contribution is -2.39. The van der Waals surface area contributed by atoms with Crippen molar-refractivity contribution in [3.05, 3.63) is 101 Å². The maximum atomic E-state index is 13.6. The largest absolute Gasteiger partial charge is 0.497 e. The van der Waals surface area contributed by atoms with E-state index in [-0.39, 0.29) is 30.3 Å². The zero-order chi connectivity index (χ0) is 30.7. The summed E-state index contributed by atoms with van der Waals surface area (Å²) in [7, 11) is 1.59. The number of carbonyl (C=O) groups is 2. The summed E-state index contributed by atoms with van der Waals surface area (Å²) >= 11 is 0. The van der Waals surface area contributed by atoms with E-state index in [9.17, 15) is 19.5 Å². The van der Waals surface area contributed by atoms with Crippen molar-refractivity contribution in [3.63, 3.8) is 0 Å². The number of nitrogens with zero attached hydrogens (tertiary/aromatic N) is 4. The van der Waals surface area contributed by atoms with Crippen molar-refractivity contribution < 1.29 is 24.2 Å². The Balaban J connectivity index is 0.00000442. The fourth-order valence-electron chi connectivity index (χ4n) is 4.72. The minimum absolute atomic E-state index is 0. The van der Waals surface area contributed by atoms with Crippen molar-refractivity contribution in [1.82, 2.24) is 19.3 Å². The van der Waals surface area contributed by atoms with Gasteiger partial charge in [0.05, 0.1) is 30.2 Å². The third-order valence-corrected chi connectivity index (χ3v) is 7.10. The number of methoxy groups -OCH3 is 1. The van der Waals surface area contributed by atoms with Crippen LogP contribution in [0.4, 0.5) is 5.82 Å². The molecule has 0 bridgehead atoms. The van der Waals surface area contributed by atoms with Crippen LogP contribution in [0.5, 0.6) is 17.2 Å². The van der Waals surface area contributed by atoms with Crippen molar-refractivity contribution in [2.45, 2.75) is 26.4 Å². The third-order valence-electron chi connectivity index (χ3n) is 7.10. The number of pyridine rings is 2. The first kappa shape index (κ1) is 31.7. The Hall–Kier alpha value is -5.20. The molecule has 0 aliphatic carbocycles. The third kappa shape index (κ3) is 6.41. The second kappa shape index (κ2) is 13.4. The Morgan fingerprint density at radius 3 is 2.43 bits per heavy atom. The number of amides is 1. The number of fused-ring (bicyclic) bond motifs is 1. The molecule has 3 aromatic heterocycles. The second-order valence-corrected chi connectivity index (χ2v) is 9.96. The molecule has 2 aromatic carbocycles. The van der Waals surface area contributed by atoms with E-state index in [4.69, 9.17) is 15.2 Å². The van der Waals surface area contributed by atoms with Crippen LogP contribution in [-0.4, -0.2) is 49.5 Å². The van der Waals surface area contributed by atoms with E-state index in [1.54, 1.807) is 86.4 Å². The highest BCUT2D eigenvalue weighted by Crippen LogP contribution is 2.31. The molecule has 0 saturated carbocycles. The molecular formula is C31H31ClN6O6. The summed E-state index contributed by atoms with van der Waals surface area (Å²) in [6.45, 7) is 3.40. The summed E-state index contributed by atoms with van der Waals surface area (Å²) in [6.07, 6.45) is 3.09. The molecule has 5 aromatic rings. The molecule has 5 rings (SSSR count). The van der Waals surface area contributed by atoms with E-state index in [0.717, 1.165) is 5.39 Å². The first-order valence-corrected chi connectivity index (χ1v) is 13.4. The van der Waals surface area contributed by atoms with Gasteiger partial charge in [-0.05, 0) is 49.4 Å². The fourth-order valence-corrected chi connectivity index (χ4v) is 4.72. The lowest BCUT2D eigenvalue weighted by molar-refractivity contribution is -0.139. The number of hydrogen-bond donors (Lipinski definition) is 3. The van der Waals surface area contributed by atoms with Crippen LogP contribution in [0.15, 0.2) is 83.9 Å². The van der Waals surface area contributed by atoms with Gasteiger partial charge in [-0.15, -0.1) is 12.4 Å². The van der Waals surface area contributed by atoms with Gasteiger partial charge in [-0.2, -0.15) is 0 Å². The number of para-hydroxylation sites is 1. The molecule has 2 atom stereocenters. The average molecular weight is 619 g/mol. The molecule has 0 aliphatic rings. The number of benzene rings is 2. The highest BCUT2D eigenvalue weighted by molar-refractivity contribution is 6.04. The number of hydrogen-bond acceptors (Lipinski definition) is 8. The van der Waals surface area contributed by atoms with Crippen molar-refractivity contribution in [2.24, 2.45) is 11.7 Å². The molecule has 0 saturated heterocycles. The average Bonchev–Trinajstić information content (AvgIpc) is 3.26. The SMILES string of the molecule is COc1ccc2c(Oc3ccc(NC(=O)c4c(C)n(CC(C)[C@@H](N)C(=O)O)n(-c5ccccc5)c4=O)nc3)ccnc2c1.Cl. The summed E-state index contributed by atoms with van der Waals surface area (Å²) in [5, 5.41) is 12.8. The topological polar surface area (TPSA) is 164 Å². The summed E-state index contributed by atoms with van der Waals surface area (Å²) in [5.41, 5.74) is 6.78. The second-order valence-electron chi connectivity index (χ2n) is 9.96. The van der Waals surface area contributed by atoms with Crippen LogP contribution in [0, 0.1) is 12.8 Å². The first-order chi connectivity index (χ1) is 20.7. The van der Waals surface area contributed by atoms with Gasteiger partial charge in [-0.1, -0.05) is 25.1 Å². The number of carbonyl (C=O) groups excluding carboxylic acids is 1. The summed E-state index contributed by atoms with van der Waals surface area (Å²) < 4.78 is 14.2. The molecule has 0 radical (unpaired) electrons. The molecule has 12 nitrogen and oxygen atoms in total. The molecule has 3 heterocycles. The zero-order valence-corrected chi connectivity index (χ0v) is 24.9. The van der Waals surface area contributed by atoms with Gasteiger partial charge in [0.15, 0.2) is 0 Å². The van der Waals surface area contributed by atoms with Crippen molar-refractivity contribution in [2.75, 3.05) is 12.4 Å². The van der Waals surface area contributed by atoms with Gasteiger partial charge in [0.2, 0.25) is 0 Å². The number of carboxylic acids is 1. The number of halogens is 1. The van der Waals surface area contributed by atoms with Crippen LogP contribution in [0.25, 0.3) is 16.6 Å². The molecule has 1 unspecified atom stereocenters. The van der Waals surface area contributed by atoms with Gasteiger partial charge in [0, 0.05) is 30.1 Å². The van der Waals surface area contributed by atoms with Gasteiger partial charge in [0.1, 0.15) is 34.7 Å². The molecule has 0 aliphatic heterocycles. The van der Waals surface area contributed by atoms with E-state index >= 15 is 0 Å². The van der Waals surface area contributed by atoms with Crippen molar-refractivity contribution in [1.29, 1.82) is 0 Å². The Kier molecular flexibility index (Phi) is 9.67. The lowest BCUT2D eigenvalue weighted by atomic mass is 10.0. The van der Waals surface area contributed by atoms with Crippen LogP contribution < -0.4 is 26.1 Å². The predicted octanol–water partition coefficient (Wildman–Crippen LogP) is 4.41. The number of carboxylic acid groups (broad SMARTS) is 1. The van der Waals surface area contributed by atoms with E-state index in [1.165, 1.54) is 10.9 Å². The number of aliphatic carboxylic acids is 1. The standard InChI is InChI=1S/C31H30N6O6.ClH/c1-18(28(32)31(40)41)17-36-19(2)27(30(39)37(36)20-7-5-4-6-8-20)29(38)35-26-12-10-22(16-34-26)43-25-13-14-33-24-15-21(42-3)9-11-23(24)25;/h4-16,18,28H,17,32H2,1-3H3,(H,40,41)(H,34,35,38);1H/t18?,28-;/m1./s1. The van der Waals surface area contributed by atoms with Gasteiger partial charge in [0.25, 0.3) is 11.5 Å². The predicted molar refractivity (Wildman–Crippen MR) is 167 cm³/mol. The van der Waals surface area contributed by atoms with Crippen LogP contribution in [0.3, 0.4) is 0 Å². The maximum Gasteiger partial charge on any atom is 0.320 e. The van der Waals surface area contributed by atoms with E-state index in [2.05, 4.69) is 15.3 Å². The number of rotatable bonds is 10. The lowest BCUT2D eigenvalue weighted by Gasteiger charge is -2.20. The Morgan fingerprint density at radius 1 is 1.05 bits per heavy atom. The number of ether oxygens (including phenoxy) is 2. The fraction of sp³-hybridized carbons (Fsp3) is 0.194. The molecular weight excluding hydrogens is 588 g/mol. The van der Waals surface area contributed by atoms with E-state index in [0.29, 0.717) is 34.1 Å². The Labute approximate surface area is 258 Å². The number of nitrogens with one attached hydrogen (secondary N) is 1. The smallest absolute Gasteiger partial charge is 0.320 e. The summed E-state index contributed by atoms with van der Waals surface area (Å²) in [6, 6.07) is 18.0. The van der Waals surface area contributed by atoms with E-state index < -0.39 is 29.4 Å². The minimum Gasteiger partial charge on any atom is -0.497 e. The normalized spacial score (nSPS) is 12.2. The van der Waals surface area contributed by atoms with Gasteiger partial charge >= 0.3 is 5.97 Å². The van der Waals surface area contributed by atoms with Gasteiger partial charge < -0.3 is 25.6 Å². The number of anilines is 1. The van der Waals surface area contributed by atoms with Crippen LogP contribution >= 0.6 is 12.4 Å². The van der Waals surface area contributed by atoms with Crippen LogP contribution in [0.1, 0.15) is 23.0 Å². The Morgan fingerprint density at radius 2 is 1.77 bits per heavy atom. The van der Waals surface area contributed by atoms with E-state index in [1.807, 2.05) is 12.1 Å². The molecule has 0 fully saturated rings. The van der Waals surface area contributed by atoms with Gasteiger partial charge in [-0.25, -0.2) is 9.67 Å². The molecule has 0 spiro atoms. The molecule has 1 amide bonds. The molecule has 228 valence electrons. The quantitative estimate of drug-likeness (QED) is 0.206. The highest BCUT2D eigenvalue weighted by atomic mass is 35.5. The molecule has 13 heteroatoms. The molecule has 44 heavy (non-hydrogen) atoms. The number of aromatic nitrogens is 4. The first-order valence-electron chi connectivity index (χ1n) is 13.4. The van der Waals surface area contributed by atoms with Crippen molar-refractivity contribution in [3.8, 4) is 22.9 Å². The highest BCUT2D eigenvalue weighted by Gasteiger charge is 2.27. The maximum absolute atomic E-state index is 13.6. The summed E-state index contributed by atoms with van der Waals surface area (Å²) in [4.78, 5) is 47.1. The number of nitrogens with two attached hydrogens (primary N) is 1. The minimum atomic E-state index is -1.16. The van der Waals surface area contributed by atoms with Gasteiger partial charge in [-0.3, -0.25) is 24.0 Å². The van der Waals surface area contributed by atoms with Crippen LogP contribution in [0.2, 0.25) is 0 Å². The van der Waals surface area contributed by atoms with Crippen molar-refractivity contribution >= 4 is 41.0 Å². The van der Waals surface area contributed by atoms with Crippen LogP contribution in [-0.2, 0) is 11.3 Å². The monoisotopic (exact) mass is 618 g/mol. The summed E-state index contributed by atoms with van der Waals surface area (Å²) in [5.74, 6) is -0.460. The zero-order valence-electron chi connectivity index (χ0n) is 24.1. The Bertz CT molecular complexity index is 1860.